The van der Waals surface area contributed by atoms with Gasteiger partial charge in [-0.25, -0.2) is 0 Å². The average Bonchev–Trinajstić information content (AvgIpc) is 3.35. The van der Waals surface area contributed by atoms with Crippen molar-refractivity contribution in [3.8, 4) is 0 Å². The molecule has 2 aromatic heterocycles. The third-order valence-electron chi connectivity index (χ3n) is 5.85. The van der Waals surface area contributed by atoms with Gasteiger partial charge in [-0.3, -0.25) is 9.20 Å². The number of benzene rings is 1. The molecule has 0 bridgehead atoms. The molecule has 1 saturated carbocycles. The van der Waals surface area contributed by atoms with E-state index in [0.717, 1.165) is 23.7 Å². The summed E-state index contributed by atoms with van der Waals surface area (Å²) in [6.07, 6.45) is 6.72. The second-order valence-electron chi connectivity index (χ2n) is 7.29. The number of fused-ring (bicyclic) bond motifs is 3. The molecule has 1 fully saturated rings. The summed E-state index contributed by atoms with van der Waals surface area (Å²) in [7, 11) is 0. The molecule has 1 aromatic carbocycles. The standard InChI is InChI=1S/C20H20N4O/c1-14-21-22-18-9-8-15(12-23(14)18)19(25)24-13-20(10-4-5-11-20)16-6-2-3-7-17(16)24/h2-3,6-9,12H,4-5,10-11,13H2,1H3. The summed E-state index contributed by atoms with van der Waals surface area (Å²) in [4.78, 5) is 15.3. The van der Waals surface area contributed by atoms with Gasteiger partial charge in [0.25, 0.3) is 5.91 Å². The summed E-state index contributed by atoms with van der Waals surface area (Å²) >= 11 is 0. The Hall–Kier alpha value is -2.69. The average molecular weight is 332 g/mol. The molecule has 3 heterocycles. The molecule has 0 radical (unpaired) electrons. The number of hydrogen-bond acceptors (Lipinski definition) is 3. The summed E-state index contributed by atoms with van der Waals surface area (Å²) in [6, 6.07) is 12.1. The Morgan fingerprint density at radius 3 is 2.72 bits per heavy atom. The van der Waals surface area contributed by atoms with Crippen molar-refractivity contribution in [1.29, 1.82) is 0 Å². The van der Waals surface area contributed by atoms with Gasteiger partial charge in [0.15, 0.2) is 5.65 Å². The highest BCUT2D eigenvalue weighted by atomic mass is 16.2. The van der Waals surface area contributed by atoms with Crippen molar-refractivity contribution in [2.75, 3.05) is 11.4 Å². The van der Waals surface area contributed by atoms with Crippen LogP contribution in [-0.4, -0.2) is 27.0 Å². The Balaban J connectivity index is 1.58. The summed E-state index contributed by atoms with van der Waals surface area (Å²) < 4.78 is 1.88. The largest absolute Gasteiger partial charge is 0.307 e. The van der Waals surface area contributed by atoms with Crippen LogP contribution in [-0.2, 0) is 5.41 Å². The molecule has 0 unspecified atom stereocenters. The summed E-state index contributed by atoms with van der Waals surface area (Å²) in [5.41, 5.74) is 4.03. The number of nitrogens with zero attached hydrogens (tertiary/aromatic N) is 4. The minimum Gasteiger partial charge on any atom is -0.307 e. The smallest absolute Gasteiger partial charge is 0.259 e. The van der Waals surface area contributed by atoms with Crippen LogP contribution in [0, 0.1) is 6.92 Å². The minimum absolute atomic E-state index is 0.0613. The van der Waals surface area contributed by atoms with Crippen LogP contribution in [0.5, 0.6) is 0 Å². The Kier molecular flexibility index (Phi) is 3.02. The second-order valence-corrected chi connectivity index (χ2v) is 7.29. The first-order valence-corrected chi connectivity index (χ1v) is 8.91. The Labute approximate surface area is 146 Å². The van der Waals surface area contributed by atoms with Crippen molar-refractivity contribution >= 4 is 17.2 Å². The molecule has 2 aliphatic rings. The van der Waals surface area contributed by atoms with Gasteiger partial charge in [-0.1, -0.05) is 31.0 Å². The zero-order chi connectivity index (χ0) is 17.0. The lowest BCUT2D eigenvalue weighted by atomic mass is 9.81. The van der Waals surface area contributed by atoms with E-state index in [1.165, 1.54) is 31.2 Å². The van der Waals surface area contributed by atoms with Gasteiger partial charge < -0.3 is 4.90 Å². The van der Waals surface area contributed by atoms with E-state index in [2.05, 4.69) is 28.4 Å². The number of para-hydroxylation sites is 1. The van der Waals surface area contributed by atoms with E-state index in [9.17, 15) is 4.79 Å². The van der Waals surface area contributed by atoms with Crippen molar-refractivity contribution < 1.29 is 4.79 Å². The second kappa shape index (κ2) is 5.15. The number of pyridine rings is 1. The van der Waals surface area contributed by atoms with Crippen molar-refractivity contribution in [2.45, 2.75) is 38.0 Å². The predicted octanol–water partition coefficient (Wildman–Crippen LogP) is 3.51. The van der Waals surface area contributed by atoms with Crippen LogP contribution in [0.4, 0.5) is 5.69 Å². The van der Waals surface area contributed by atoms with Gasteiger partial charge in [-0.15, -0.1) is 10.2 Å². The molecule has 3 aromatic rings. The number of hydrogen-bond donors (Lipinski definition) is 0. The van der Waals surface area contributed by atoms with Crippen LogP contribution < -0.4 is 4.90 Å². The van der Waals surface area contributed by atoms with Crippen molar-refractivity contribution in [3.63, 3.8) is 0 Å². The third kappa shape index (κ3) is 2.05. The van der Waals surface area contributed by atoms with Crippen molar-refractivity contribution in [1.82, 2.24) is 14.6 Å². The Bertz CT molecular complexity index is 984. The Morgan fingerprint density at radius 2 is 1.88 bits per heavy atom. The number of aromatic nitrogens is 3. The van der Waals surface area contributed by atoms with E-state index in [0.29, 0.717) is 5.56 Å². The van der Waals surface area contributed by atoms with Gasteiger partial charge in [0.2, 0.25) is 0 Å². The molecule has 5 nitrogen and oxygen atoms in total. The number of carbonyl (C=O) groups is 1. The Morgan fingerprint density at radius 1 is 1.08 bits per heavy atom. The number of carbonyl (C=O) groups excluding carboxylic acids is 1. The molecule has 5 heteroatoms. The molecule has 25 heavy (non-hydrogen) atoms. The highest BCUT2D eigenvalue weighted by Crippen LogP contribution is 2.50. The quantitative estimate of drug-likeness (QED) is 0.685. The SMILES string of the molecule is Cc1nnc2ccc(C(=O)N3CC4(CCCC4)c4ccccc43)cn12. The molecule has 0 atom stereocenters. The zero-order valence-electron chi connectivity index (χ0n) is 14.3. The topological polar surface area (TPSA) is 50.5 Å². The minimum atomic E-state index is 0.0613. The van der Waals surface area contributed by atoms with Crippen LogP contribution in [0.3, 0.4) is 0 Å². The van der Waals surface area contributed by atoms with Crippen molar-refractivity contribution in [2.24, 2.45) is 0 Å². The molecule has 126 valence electrons. The molecule has 0 N–H and O–H groups in total. The summed E-state index contributed by atoms with van der Waals surface area (Å²) in [5.74, 6) is 0.852. The normalized spacial score (nSPS) is 18.2. The van der Waals surface area contributed by atoms with Gasteiger partial charge >= 0.3 is 0 Å². The first-order valence-electron chi connectivity index (χ1n) is 8.91. The number of rotatable bonds is 1. The fourth-order valence-electron chi connectivity index (χ4n) is 4.58. The fourth-order valence-corrected chi connectivity index (χ4v) is 4.58. The zero-order valence-corrected chi connectivity index (χ0v) is 14.3. The predicted molar refractivity (Wildman–Crippen MR) is 96.0 cm³/mol. The van der Waals surface area contributed by atoms with Crippen LogP contribution in [0.2, 0.25) is 0 Å². The lowest BCUT2D eigenvalue weighted by Crippen LogP contribution is -2.35. The van der Waals surface area contributed by atoms with E-state index >= 15 is 0 Å². The lowest BCUT2D eigenvalue weighted by molar-refractivity contribution is 0.0984. The maximum absolute atomic E-state index is 13.3. The summed E-state index contributed by atoms with van der Waals surface area (Å²) in [5, 5.41) is 8.17. The maximum Gasteiger partial charge on any atom is 0.259 e. The number of anilines is 1. The van der Waals surface area contributed by atoms with Gasteiger partial charge in [0.05, 0.1) is 5.56 Å². The highest BCUT2D eigenvalue weighted by Gasteiger charge is 2.46. The van der Waals surface area contributed by atoms with Gasteiger partial charge in [0.1, 0.15) is 5.82 Å². The first-order chi connectivity index (χ1) is 12.2. The van der Waals surface area contributed by atoms with Crippen LogP contribution in [0.1, 0.15) is 47.4 Å². The molecule has 1 aliphatic carbocycles. The fraction of sp³-hybridized carbons (Fsp3) is 0.350. The maximum atomic E-state index is 13.3. The summed E-state index contributed by atoms with van der Waals surface area (Å²) in [6.45, 7) is 2.69. The van der Waals surface area contributed by atoms with Gasteiger partial charge in [-0.2, -0.15) is 0 Å². The van der Waals surface area contributed by atoms with Crippen molar-refractivity contribution in [3.05, 3.63) is 59.5 Å². The molecular formula is C20H20N4O. The number of aryl methyl sites for hydroxylation is 1. The molecule has 0 saturated heterocycles. The molecule has 5 rings (SSSR count). The highest BCUT2D eigenvalue weighted by molar-refractivity contribution is 6.07. The van der Waals surface area contributed by atoms with Crippen LogP contribution in [0.15, 0.2) is 42.6 Å². The molecule has 1 aliphatic heterocycles. The van der Waals surface area contributed by atoms with E-state index < -0.39 is 0 Å². The number of amides is 1. The molecular weight excluding hydrogens is 312 g/mol. The van der Waals surface area contributed by atoms with Gasteiger partial charge in [-0.05, 0) is 43.5 Å². The first kappa shape index (κ1) is 14.6. The molecule has 1 spiro atoms. The van der Waals surface area contributed by atoms with Gasteiger partial charge in [0, 0.05) is 23.8 Å². The van der Waals surface area contributed by atoms with E-state index in [4.69, 9.17) is 0 Å². The third-order valence-corrected chi connectivity index (χ3v) is 5.85. The van der Waals surface area contributed by atoms with E-state index in [1.807, 2.05) is 40.6 Å². The lowest BCUT2D eigenvalue weighted by Gasteiger charge is -2.24. The monoisotopic (exact) mass is 332 g/mol. The van der Waals surface area contributed by atoms with Crippen LogP contribution >= 0.6 is 0 Å². The van der Waals surface area contributed by atoms with Crippen LogP contribution in [0.25, 0.3) is 5.65 Å². The van der Waals surface area contributed by atoms with E-state index in [-0.39, 0.29) is 11.3 Å². The van der Waals surface area contributed by atoms with E-state index in [1.54, 1.807) is 0 Å². The molecule has 1 amide bonds.